The Morgan fingerprint density at radius 2 is 1.80 bits per heavy atom. The summed E-state index contributed by atoms with van der Waals surface area (Å²) in [6, 6.07) is 0.108. The first-order chi connectivity index (χ1) is 9.39. The van der Waals surface area contributed by atoms with E-state index in [1.54, 1.807) is 14.1 Å². The Balaban J connectivity index is 2.50. The van der Waals surface area contributed by atoms with Crippen LogP contribution in [0, 0.1) is 0 Å². The second kappa shape index (κ2) is 7.95. The second-order valence-corrected chi connectivity index (χ2v) is 7.41. The van der Waals surface area contributed by atoms with Crippen LogP contribution in [0.1, 0.15) is 44.9 Å². The molecule has 0 spiro atoms. The molecule has 7 heteroatoms. The van der Waals surface area contributed by atoms with Crippen LogP contribution in [0.25, 0.3) is 0 Å². The smallest absolute Gasteiger partial charge is 0.305 e. The maximum atomic E-state index is 12.4. The van der Waals surface area contributed by atoms with Gasteiger partial charge in [0, 0.05) is 33.1 Å². The molecule has 1 rings (SSSR count). The lowest BCUT2D eigenvalue weighted by Gasteiger charge is -2.33. The quantitative estimate of drug-likeness (QED) is 0.667. The molecule has 20 heavy (non-hydrogen) atoms. The molecule has 0 aromatic carbocycles. The highest BCUT2D eigenvalue weighted by Gasteiger charge is 2.30. The van der Waals surface area contributed by atoms with Crippen molar-refractivity contribution in [3.05, 3.63) is 0 Å². The Kier molecular flexibility index (Phi) is 6.91. The molecule has 0 N–H and O–H groups in total. The monoisotopic (exact) mass is 306 g/mol. The third-order valence-corrected chi connectivity index (χ3v) is 5.92. The van der Waals surface area contributed by atoms with Crippen LogP contribution < -0.4 is 0 Å². The average molecular weight is 306 g/mol. The third kappa shape index (κ3) is 4.71. The largest absolute Gasteiger partial charge is 0.469 e. The molecule has 0 heterocycles. The lowest BCUT2D eigenvalue weighted by molar-refractivity contribution is -0.140. The van der Waals surface area contributed by atoms with E-state index < -0.39 is 10.2 Å². The molecule has 0 saturated heterocycles. The second-order valence-electron chi connectivity index (χ2n) is 5.32. The summed E-state index contributed by atoms with van der Waals surface area (Å²) < 4.78 is 32.2. The zero-order valence-corrected chi connectivity index (χ0v) is 13.5. The summed E-state index contributed by atoms with van der Waals surface area (Å²) in [4.78, 5) is 11.0. The van der Waals surface area contributed by atoms with Gasteiger partial charge in [-0.25, -0.2) is 0 Å². The minimum absolute atomic E-state index is 0.108. The number of carbonyl (C=O) groups is 1. The lowest BCUT2D eigenvalue weighted by atomic mass is 9.96. The van der Waals surface area contributed by atoms with Crippen LogP contribution in [0.4, 0.5) is 0 Å². The molecule has 6 nitrogen and oxygen atoms in total. The summed E-state index contributed by atoms with van der Waals surface area (Å²) in [5.41, 5.74) is 0. The predicted molar refractivity (Wildman–Crippen MR) is 77.4 cm³/mol. The summed E-state index contributed by atoms with van der Waals surface area (Å²) in [5.74, 6) is -0.309. The molecule has 0 bridgehead atoms. The van der Waals surface area contributed by atoms with E-state index in [0.717, 1.165) is 25.7 Å². The first kappa shape index (κ1) is 17.4. The van der Waals surface area contributed by atoms with Crippen LogP contribution >= 0.6 is 0 Å². The highest BCUT2D eigenvalue weighted by atomic mass is 32.2. The topological polar surface area (TPSA) is 66.9 Å². The standard InChI is InChI=1S/C13H26N2O4S/c1-14(11-7-10-13(16)19-3)20(17,18)15(2)12-8-5-4-6-9-12/h12H,4-11H2,1-3H3. The van der Waals surface area contributed by atoms with Gasteiger partial charge in [0.2, 0.25) is 0 Å². The van der Waals surface area contributed by atoms with Gasteiger partial charge in [0.15, 0.2) is 0 Å². The molecular weight excluding hydrogens is 280 g/mol. The average Bonchev–Trinajstić information content (AvgIpc) is 2.46. The van der Waals surface area contributed by atoms with E-state index in [0.29, 0.717) is 13.0 Å². The fourth-order valence-electron chi connectivity index (χ4n) is 2.52. The number of ether oxygens (including phenoxy) is 1. The summed E-state index contributed by atoms with van der Waals surface area (Å²) in [6.45, 7) is 0.328. The van der Waals surface area contributed by atoms with Crippen molar-refractivity contribution in [1.82, 2.24) is 8.61 Å². The van der Waals surface area contributed by atoms with E-state index >= 15 is 0 Å². The van der Waals surface area contributed by atoms with Crippen molar-refractivity contribution in [2.24, 2.45) is 0 Å². The van der Waals surface area contributed by atoms with Gasteiger partial charge in [0.1, 0.15) is 0 Å². The lowest BCUT2D eigenvalue weighted by Crippen LogP contribution is -2.46. The summed E-state index contributed by atoms with van der Waals surface area (Å²) in [5, 5.41) is 0. The Bertz CT molecular complexity index is 405. The molecule has 0 amide bonds. The normalized spacial score (nSPS) is 17.6. The van der Waals surface area contributed by atoms with Crippen molar-refractivity contribution < 1.29 is 17.9 Å². The molecule has 0 aromatic heterocycles. The number of nitrogens with zero attached hydrogens (tertiary/aromatic N) is 2. The molecule has 0 aromatic rings. The molecule has 0 atom stereocenters. The predicted octanol–water partition coefficient (Wildman–Crippen LogP) is 1.38. The van der Waals surface area contributed by atoms with Crippen LogP contribution in [-0.4, -0.2) is 56.8 Å². The molecule has 1 fully saturated rings. The third-order valence-electron chi connectivity index (χ3n) is 3.93. The van der Waals surface area contributed by atoms with Gasteiger partial charge in [-0.2, -0.15) is 17.0 Å². The van der Waals surface area contributed by atoms with Crippen molar-refractivity contribution in [3.63, 3.8) is 0 Å². The van der Waals surface area contributed by atoms with Gasteiger partial charge < -0.3 is 4.74 Å². The van der Waals surface area contributed by atoms with E-state index in [1.807, 2.05) is 0 Å². The summed E-state index contributed by atoms with van der Waals surface area (Å²) in [6.07, 6.45) is 5.97. The number of esters is 1. The molecule has 1 aliphatic rings. The first-order valence-corrected chi connectivity index (χ1v) is 8.55. The van der Waals surface area contributed by atoms with Gasteiger partial charge in [0.05, 0.1) is 7.11 Å². The molecule has 1 aliphatic carbocycles. The Hall–Kier alpha value is -0.660. The highest BCUT2D eigenvalue weighted by Crippen LogP contribution is 2.24. The molecule has 0 radical (unpaired) electrons. The van der Waals surface area contributed by atoms with E-state index in [-0.39, 0.29) is 18.4 Å². The van der Waals surface area contributed by atoms with Crippen LogP contribution in [0.15, 0.2) is 0 Å². The maximum absolute atomic E-state index is 12.4. The minimum atomic E-state index is -3.43. The van der Waals surface area contributed by atoms with Crippen molar-refractivity contribution >= 4 is 16.2 Å². The van der Waals surface area contributed by atoms with Crippen molar-refractivity contribution in [3.8, 4) is 0 Å². The van der Waals surface area contributed by atoms with Crippen molar-refractivity contribution in [2.45, 2.75) is 51.0 Å². The fourth-order valence-corrected chi connectivity index (χ4v) is 3.90. The molecule has 1 saturated carbocycles. The van der Waals surface area contributed by atoms with Gasteiger partial charge >= 0.3 is 5.97 Å². The molecule has 0 aliphatic heterocycles. The number of hydrogen-bond donors (Lipinski definition) is 0. The molecule has 0 unspecified atom stereocenters. The van der Waals surface area contributed by atoms with E-state index in [4.69, 9.17) is 0 Å². The maximum Gasteiger partial charge on any atom is 0.305 e. The van der Waals surface area contributed by atoms with Crippen LogP contribution in [0.5, 0.6) is 0 Å². The highest BCUT2D eigenvalue weighted by molar-refractivity contribution is 7.86. The molecule has 118 valence electrons. The van der Waals surface area contributed by atoms with E-state index in [1.165, 1.54) is 22.1 Å². The van der Waals surface area contributed by atoms with Gasteiger partial charge in [0.25, 0.3) is 10.2 Å². The number of hydrogen-bond acceptors (Lipinski definition) is 4. The van der Waals surface area contributed by atoms with Crippen molar-refractivity contribution in [1.29, 1.82) is 0 Å². The van der Waals surface area contributed by atoms with Crippen LogP contribution in [0.3, 0.4) is 0 Å². The number of methoxy groups -OCH3 is 1. The van der Waals surface area contributed by atoms with Gasteiger partial charge in [-0.05, 0) is 19.3 Å². The Labute approximate surface area is 122 Å². The fraction of sp³-hybridized carbons (Fsp3) is 0.923. The Morgan fingerprint density at radius 1 is 1.20 bits per heavy atom. The summed E-state index contributed by atoms with van der Waals surface area (Å²) in [7, 11) is 1.12. The minimum Gasteiger partial charge on any atom is -0.469 e. The van der Waals surface area contributed by atoms with E-state index in [9.17, 15) is 13.2 Å². The first-order valence-electron chi connectivity index (χ1n) is 7.15. The Morgan fingerprint density at radius 3 is 2.35 bits per heavy atom. The number of rotatable bonds is 7. The SMILES string of the molecule is COC(=O)CCCN(C)S(=O)(=O)N(C)C1CCCCC1. The number of carbonyl (C=O) groups excluding carboxylic acids is 1. The van der Waals surface area contributed by atoms with Gasteiger partial charge in [-0.3, -0.25) is 4.79 Å². The van der Waals surface area contributed by atoms with Gasteiger partial charge in [-0.15, -0.1) is 0 Å². The van der Waals surface area contributed by atoms with Gasteiger partial charge in [-0.1, -0.05) is 19.3 Å². The van der Waals surface area contributed by atoms with Crippen LogP contribution in [-0.2, 0) is 19.7 Å². The van der Waals surface area contributed by atoms with Crippen LogP contribution in [0.2, 0.25) is 0 Å². The summed E-state index contributed by atoms with van der Waals surface area (Å²) >= 11 is 0. The zero-order chi connectivity index (χ0) is 15.2. The molecular formula is C13H26N2O4S. The van der Waals surface area contributed by atoms with E-state index in [2.05, 4.69) is 4.74 Å². The van der Waals surface area contributed by atoms with Crippen molar-refractivity contribution in [2.75, 3.05) is 27.7 Å². The zero-order valence-electron chi connectivity index (χ0n) is 12.7.